The zero-order valence-electron chi connectivity index (χ0n) is 12.8. The van der Waals surface area contributed by atoms with Gasteiger partial charge >= 0.3 is 0 Å². The Morgan fingerprint density at radius 2 is 1.91 bits per heavy atom. The van der Waals surface area contributed by atoms with Crippen LogP contribution in [0, 0.1) is 0 Å². The summed E-state index contributed by atoms with van der Waals surface area (Å²) in [6.45, 7) is 0.289. The van der Waals surface area contributed by atoms with E-state index in [1.165, 1.54) is 10.6 Å². The third kappa shape index (κ3) is 3.28. The molecule has 0 aliphatic heterocycles. The van der Waals surface area contributed by atoms with E-state index in [2.05, 4.69) is 5.32 Å². The lowest BCUT2D eigenvalue weighted by molar-refractivity contribution is 0.0949. The van der Waals surface area contributed by atoms with Crippen molar-refractivity contribution >= 4 is 5.91 Å². The summed E-state index contributed by atoms with van der Waals surface area (Å²) in [5.74, 6) is 0.801. The lowest BCUT2D eigenvalue weighted by atomic mass is 10.2. The summed E-state index contributed by atoms with van der Waals surface area (Å²) in [6.07, 6.45) is 1.60. The summed E-state index contributed by atoms with van der Waals surface area (Å²) in [6, 6.07) is 8.54. The lowest BCUT2D eigenvalue weighted by Gasteiger charge is -2.10. The summed E-state index contributed by atoms with van der Waals surface area (Å²) >= 11 is 0. The van der Waals surface area contributed by atoms with Crippen LogP contribution >= 0.6 is 0 Å². The number of pyridine rings is 1. The van der Waals surface area contributed by atoms with Gasteiger partial charge in [0.25, 0.3) is 11.5 Å². The molecule has 0 unspecified atom stereocenters. The standard InChI is InChI=1S/C16H18N2O4/c1-18-8-4-5-12(16(18)20)15(19)17-10-11-6-7-13(21-2)14(9-11)22-3/h4-9H,10H2,1-3H3,(H,17,19). The summed E-state index contributed by atoms with van der Waals surface area (Å²) in [5.41, 5.74) is 0.636. The van der Waals surface area contributed by atoms with E-state index >= 15 is 0 Å². The number of benzene rings is 1. The molecule has 1 N–H and O–H groups in total. The molecule has 0 aliphatic carbocycles. The molecule has 0 fully saturated rings. The molecular formula is C16H18N2O4. The maximum Gasteiger partial charge on any atom is 0.263 e. The van der Waals surface area contributed by atoms with Crippen LogP contribution < -0.4 is 20.3 Å². The maximum atomic E-state index is 12.1. The van der Waals surface area contributed by atoms with E-state index < -0.39 is 5.91 Å². The second-order valence-electron chi connectivity index (χ2n) is 4.71. The molecule has 2 rings (SSSR count). The summed E-state index contributed by atoms with van der Waals surface area (Å²) in [4.78, 5) is 24.0. The van der Waals surface area contributed by atoms with E-state index in [0.29, 0.717) is 11.5 Å². The van der Waals surface area contributed by atoms with Gasteiger partial charge in [0, 0.05) is 19.8 Å². The van der Waals surface area contributed by atoms with Crippen LogP contribution in [-0.2, 0) is 13.6 Å². The number of nitrogens with zero attached hydrogens (tertiary/aromatic N) is 1. The second kappa shape index (κ2) is 6.80. The van der Waals surface area contributed by atoms with Crippen LogP contribution in [0.15, 0.2) is 41.3 Å². The summed E-state index contributed by atoms with van der Waals surface area (Å²) < 4.78 is 11.7. The van der Waals surface area contributed by atoms with Crippen LogP contribution in [0.25, 0.3) is 0 Å². The zero-order valence-corrected chi connectivity index (χ0v) is 12.8. The third-order valence-corrected chi connectivity index (χ3v) is 3.27. The molecule has 0 saturated heterocycles. The van der Waals surface area contributed by atoms with Gasteiger partial charge in [0.1, 0.15) is 5.56 Å². The Hall–Kier alpha value is -2.76. The molecule has 0 radical (unpaired) electrons. The van der Waals surface area contributed by atoms with Crippen LogP contribution in [0.1, 0.15) is 15.9 Å². The predicted octanol–water partition coefficient (Wildman–Crippen LogP) is 1.33. The van der Waals surface area contributed by atoms with Gasteiger partial charge in [-0.15, -0.1) is 0 Å². The molecule has 0 spiro atoms. The van der Waals surface area contributed by atoms with Gasteiger partial charge in [0.15, 0.2) is 11.5 Å². The van der Waals surface area contributed by atoms with Gasteiger partial charge in [-0.1, -0.05) is 6.07 Å². The number of aryl methyl sites for hydroxylation is 1. The largest absolute Gasteiger partial charge is 0.493 e. The molecule has 2 aromatic rings. The highest BCUT2D eigenvalue weighted by atomic mass is 16.5. The first-order valence-electron chi connectivity index (χ1n) is 6.71. The van der Waals surface area contributed by atoms with Gasteiger partial charge in [-0.3, -0.25) is 9.59 Å². The first-order valence-corrected chi connectivity index (χ1v) is 6.71. The van der Waals surface area contributed by atoms with E-state index in [1.54, 1.807) is 45.7 Å². The predicted molar refractivity (Wildman–Crippen MR) is 82.4 cm³/mol. The molecular weight excluding hydrogens is 284 g/mol. The molecule has 6 nitrogen and oxygen atoms in total. The summed E-state index contributed by atoms with van der Waals surface area (Å²) in [7, 11) is 4.71. The number of nitrogens with one attached hydrogen (secondary N) is 1. The van der Waals surface area contributed by atoms with Crippen molar-refractivity contribution in [3.8, 4) is 11.5 Å². The van der Waals surface area contributed by atoms with E-state index in [0.717, 1.165) is 5.56 Å². The van der Waals surface area contributed by atoms with Gasteiger partial charge in [-0.05, 0) is 29.8 Å². The average Bonchev–Trinajstić information content (AvgIpc) is 2.54. The third-order valence-electron chi connectivity index (χ3n) is 3.27. The van der Waals surface area contributed by atoms with E-state index in [1.807, 2.05) is 6.07 Å². The Morgan fingerprint density at radius 1 is 1.18 bits per heavy atom. The maximum absolute atomic E-state index is 12.1. The Balaban J connectivity index is 2.11. The lowest BCUT2D eigenvalue weighted by Crippen LogP contribution is -2.31. The van der Waals surface area contributed by atoms with E-state index in [4.69, 9.17) is 9.47 Å². The van der Waals surface area contributed by atoms with Crippen molar-refractivity contribution in [1.82, 2.24) is 9.88 Å². The average molecular weight is 302 g/mol. The number of methoxy groups -OCH3 is 2. The second-order valence-corrected chi connectivity index (χ2v) is 4.71. The van der Waals surface area contributed by atoms with Gasteiger partial charge < -0.3 is 19.4 Å². The Kier molecular flexibility index (Phi) is 4.83. The fourth-order valence-corrected chi connectivity index (χ4v) is 2.04. The van der Waals surface area contributed by atoms with Crippen LogP contribution in [0.5, 0.6) is 11.5 Å². The molecule has 0 aliphatic rings. The SMILES string of the molecule is COc1ccc(CNC(=O)c2cccn(C)c2=O)cc1OC. The quantitative estimate of drug-likeness (QED) is 0.904. The number of hydrogen-bond donors (Lipinski definition) is 1. The number of rotatable bonds is 5. The molecule has 0 atom stereocenters. The van der Waals surface area contributed by atoms with Crippen molar-refractivity contribution in [1.29, 1.82) is 0 Å². The molecule has 0 bridgehead atoms. The normalized spacial score (nSPS) is 10.1. The van der Waals surface area contributed by atoms with Gasteiger partial charge in [0.05, 0.1) is 14.2 Å². The number of amides is 1. The van der Waals surface area contributed by atoms with Crippen LogP contribution in [-0.4, -0.2) is 24.7 Å². The molecule has 22 heavy (non-hydrogen) atoms. The van der Waals surface area contributed by atoms with Crippen LogP contribution in [0.2, 0.25) is 0 Å². The molecule has 116 valence electrons. The molecule has 1 aromatic heterocycles. The number of carbonyl (C=O) groups is 1. The molecule has 1 amide bonds. The summed E-state index contributed by atoms with van der Waals surface area (Å²) in [5, 5.41) is 2.72. The number of ether oxygens (including phenoxy) is 2. The minimum Gasteiger partial charge on any atom is -0.493 e. The molecule has 0 saturated carbocycles. The fourth-order valence-electron chi connectivity index (χ4n) is 2.04. The van der Waals surface area contributed by atoms with Crippen molar-refractivity contribution in [2.45, 2.75) is 6.54 Å². The smallest absolute Gasteiger partial charge is 0.263 e. The highest BCUT2D eigenvalue weighted by molar-refractivity contribution is 5.93. The zero-order chi connectivity index (χ0) is 16.1. The number of hydrogen-bond acceptors (Lipinski definition) is 4. The molecule has 6 heteroatoms. The van der Waals surface area contributed by atoms with Gasteiger partial charge in [0.2, 0.25) is 0 Å². The Labute approximate surface area is 128 Å². The van der Waals surface area contributed by atoms with Crippen molar-refractivity contribution in [3.05, 3.63) is 58.0 Å². The highest BCUT2D eigenvalue weighted by Crippen LogP contribution is 2.27. The van der Waals surface area contributed by atoms with Crippen molar-refractivity contribution in [2.24, 2.45) is 7.05 Å². The van der Waals surface area contributed by atoms with E-state index in [9.17, 15) is 9.59 Å². The number of carbonyl (C=O) groups excluding carboxylic acids is 1. The topological polar surface area (TPSA) is 69.6 Å². The van der Waals surface area contributed by atoms with Gasteiger partial charge in [-0.2, -0.15) is 0 Å². The van der Waals surface area contributed by atoms with Crippen molar-refractivity contribution in [3.63, 3.8) is 0 Å². The first kappa shape index (κ1) is 15.6. The minimum absolute atomic E-state index is 0.116. The minimum atomic E-state index is -0.406. The highest BCUT2D eigenvalue weighted by Gasteiger charge is 2.11. The number of aromatic nitrogens is 1. The molecule has 1 aromatic carbocycles. The Bertz CT molecular complexity index is 737. The first-order chi connectivity index (χ1) is 10.6. The Morgan fingerprint density at radius 3 is 2.59 bits per heavy atom. The van der Waals surface area contributed by atoms with E-state index in [-0.39, 0.29) is 17.7 Å². The van der Waals surface area contributed by atoms with Crippen molar-refractivity contribution in [2.75, 3.05) is 14.2 Å². The fraction of sp³-hybridized carbons (Fsp3) is 0.250. The van der Waals surface area contributed by atoms with Crippen LogP contribution in [0.4, 0.5) is 0 Å². The van der Waals surface area contributed by atoms with Crippen LogP contribution in [0.3, 0.4) is 0 Å². The van der Waals surface area contributed by atoms with Crippen molar-refractivity contribution < 1.29 is 14.3 Å². The monoisotopic (exact) mass is 302 g/mol. The van der Waals surface area contributed by atoms with Gasteiger partial charge in [-0.25, -0.2) is 0 Å². The molecule has 1 heterocycles.